The maximum Gasteiger partial charge on any atom is 0.436 e. The molecular formula is C37H47N5O4S. The molecule has 0 radical (unpaired) electrons. The third-order valence-corrected chi connectivity index (χ3v) is 10.2. The van der Waals surface area contributed by atoms with Crippen LogP contribution in [0.5, 0.6) is 0 Å². The first-order valence-corrected chi connectivity index (χ1v) is 17.4. The van der Waals surface area contributed by atoms with Crippen molar-refractivity contribution >= 4 is 45.3 Å². The number of carbonyl (C=O) groups excluding carboxylic acids is 3. The molecule has 9 nitrogen and oxygen atoms in total. The van der Waals surface area contributed by atoms with E-state index >= 15 is 0 Å². The average molecular weight is 658 g/mol. The average Bonchev–Trinajstić information content (AvgIpc) is 3.61. The van der Waals surface area contributed by atoms with Gasteiger partial charge in [0.15, 0.2) is 5.82 Å². The molecule has 1 aliphatic rings. The normalized spacial score (nSPS) is 18.4. The van der Waals surface area contributed by atoms with Crippen molar-refractivity contribution in [1.82, 2.24) is 20.4 Å². The minimum atomic E-state index is -0.642. The number of amides is 2. The van der Waals surface area contributed by atoms with Crippen molar-refractivity contribution in [3.63, 3.8) is 0 Å². The standard InChI is InChI=1S/C37H47N5O4S/c1-22(2)28-18-13-24(5)19-30(28)46-36(45)42-35-29(20-31(47-35)34(44)40-37(6,7)27-11-9-8-10-12-27)32(41-42)39-33(43)26-16-14-25(15-17-26)21-38-23(3)4/h8-12,14-17,20,22-24,28,30,38H,13,18-19,21H2,1-7H3,(H,40,44)(H,39,41,43)/t24-,28+,30-/m1/s1. The molecule has 3 N–H and O–H groups in total. The van der Waals surface area contributed by atoms with Gasteiger partial charge in [-0.15, -0.1) is 16.4 Å². The fraction of sp³-hybridized carbons (Fsp3) is 0.459. The van der Waals surface area contributed by atoms with Gasteiger partial charge in [-0.25, -0.2) is 4.79 Å². The molecule has 4 aromatic rings. The number of nitrogens with one attached hydrogen (secondary N) is 3. The molecule has 3 atom stereocenters. The van der Waals surface area contributed by atoms with Crippen LogP contribution in [0.3, 0.4) is 0 Å². The highest BCUT2D eigenvalue weighted by atomic mass is 32.1. The van der Waals surface area contributed by atoms with Crippen molar-refractivity contribution in [2.24, 2.45) is 17.8 Å². The topological polar surface area (TPSA) is 114 Å². The molecule has 0 aliphatic heterocycles. The summed E-state index contributed by atoms with van der Waals surface area (Å²) in [4.78, 5) is 41.6. The summed E-state index contributed by atoms with van der Waals surface area (Å²) >= 11 is 1.15. The summed E-state index contributed by atoms with van der Waals surface area (Å²) in [5.41, 5.74) is 1.84. The Balaban J connectivity index is 1.44. The number of hydrogen-bond acceptors (Lipinski definition) is 7. The Morgan fingerprint density at radius 1 is 1.00 bits per heavy atom. The van der Waals surface area contributed by atoms with E-state index in [-0.39, 0.29) is 29.7 Å². The monoisotopic (exact) mass is 657 g/mol. The van der Waals surface area contributed by atoms with Crippen LogP contribution in [0.15, 0.2) is 60.7 Å². The number of anilines is 1. The highest BCUT2D eigenvalue weighted by Gasteiger charge is 2.35. The summed E-state index contributed by atoms with van der Waals surface area (Å²) in [5.74, 6) is 0.616. The fourth-order valence-corrected chi connectivity index (χ4v) is 7.21. The van der Waals surface area contributed by atoms with Crippen LogP contribution in [0.4, 0.5) is 10.6 Å². The lowest BCUT2D eigenvalue weighted by atomic mass is 9.75. The Kier molecular flexibility index (Phi) is 10.5. The first kappa shape index (κ1) is 34.3. The third-order valence-electron chi connectivity index (χ3n) is 9.05. The van der Waals surface area contributed by atoms with Crippen molar-refractivity contribution in [2.45, 2.75) is 92.0 Å². The summed E-state index contributed by atoms with van der Waals surface area (Å²) in [5, 5.41) is 14.4. The Bertz CT molecular complexity index is 1710. The van der Waals surface area contributed by atoms with Gasteiger partial charge in [0.1, 0.15) is 10.9 Å². The van der Waals surface area contributed by atoms with E-state index in [1.165, 1.54) is 4.68 Å². The van der Waals surface area contributed by atoms with Crippen molar-refractivity contribution < 1.29 is 19.1 Å². The maximum atomic E-state index is 13.8. The number of carbonyl (C=O) groups is 3. The number of benzene rings is 2. The fourth-order valence-electron chi connectivity index (χ4n) is 6.21. The molecule has 0 unspecified atom stereocenters. The van der Waals surface area contributed by atoms with Crippen LogP contribution in [0.25, 0.3) is 10.2 Å². The predicted octanol–water partition coefficient (Wildman–Crippen LogP) is 7.96. The predicted molar refractivity (Wildman–Crippen MR) is 188 cm³/mol. The van der Waals surface area contributed by atoms with E-state index < -0.39 is 11.6 Å². The number of aromatic nitrogens is 2. The quantitative estimate of drug-likeness (QED) is 0.159. The molecule has 2 heterocycles. The van der Waals surface area contributed by atoms with Crippen molar-refractivity contribution in [3.8, 4) is 0 Å². The second-order valence-corrected chi connectivity index (χ2v) is 15.0. The van der Waals surface area contributed by atoms with Crippen LogP contribution in [-0.4, -0.2) is 39.8 Å². The van der Waals surface area contributed by atoms with E-state index in [1.807, 2.05) is 56.3 Å². The Morgan fingerprint density at radius 2 is 1.70 bits per heavy atom. The van der Waals surface area contributed by atoms with E-state index in [0.717, 1.165) is 41.7 Å². The highest BCUT2D eigenvalue weighted by Crippen LogP contribution is 2.37. The highest BCUT2D eigenvalue weighted by molar-refractivity contribution is 7.20. The maximum absolute atomic E-state index is 13.8. The third kappa shape index (κ3) is 8.11. The number of hydrogen-bond donors (Lipinski definition) is 3. The first-order chi connectivity index (χ1) is 22.3. The van der Waals surface area contributed by atoms with Crippen LogP contribution >= 0.6 is 11.3 Å². The van der Waals surface area contributed by atoms with E-state index in [1.54, 1.807) is 18.2 Å². The zero-order valence-corrected chi connectivity index (χ0v) is 29.2. The van der Waals surface area contributed by atoms with Gasteiger partial charge in [0.2, 0.25) is 0 Å². The molecule has 0 saturated heterocycles. The minimum Gasteiger partial charge on any atom is -0.444 e. The second-order valence-electron chi connectivity index (χ2n) is 14.0. The number of rotatable bonds is 10. The van der Waals surface area contributed by atoms with Crippen LogP contribution in [0, 0.1) is 17.8 Å². The number of fused-ring (bicyclic) bond motifs is 1. The minimum absolute atomic E-state index is 0.197. The number of thiophene rings is 1. The Labute approximate surface area is 281 Å². The molecule has 47 heavy (non-hydrogen) atoms. The number of nitrogens with zero attached hydrogens (tertiary/aromatic N) is 2. The van der Waals surface area contributed by atoms with Gasteiger partial charge in [0.05, 0.1) is 15.8 Å². The van der Waals surface area contributed by atoms with E-state index in [9.17, 15) is 14.4 Å². The van der Waals surface area contributed by atoms with Gasteiger partial charge < -0.3 is 20.7 Å². The first-order valence-electron chi connectivity index (χ1n) is 16.6. The zero-order valence-electron chi connectivity index (χ0n) is 28.4. The van der Waals surface area contributed by atoms with Gasteiger partial charge in [-0.1, -0.05) is 83.5 Å². The lowest BCUT2D eigenvalue weighted by Gasteiger charge is -2.36. The molecule has 1 saturated carbocycles. The van der Waals surface area contributed by atoms with Gasteiger partial charge >= 0.3 is 6.09 Å². The van der Waals surface area contributed by atoms with Crippen LogP contribution in [0.2, 0.25) is 0 Å². The van der Waals surface area contributed by atoms with Gasteiger partial charge in [-0.05, 0) is 73.8 Å². The molecule has 250 valence electrons. The molecule has 0 spiro atoms. The van der Waals surface area contributed by atoms with Crippen molar-refractivity contribution in [3.05, 3.63) is 82.2 Å². The van der Waals surface area contributed by atoms with Crippen molar-refractivity contribution in [1.29, 1.82) is 0 Å². The molecule has 5 rings (SSSR count). The molecule has 0 bridgehead atoms. The summed E-state index contributed by atoms with van der Waals surface area (Å²) in [6.45, 7) is 15.3. The van der Waals surface area contributed by atoms with Gasteiger partial charge in [-0.2, -0.15) is 4.68 Å². The summed E-state index contributed by atoms with van der Waals surface area (Å²) in [6, 6.07) is 19.1. The van der Waals surface area contributed by atoms with Gasteiger partial charge in [0, 0.05) is 18.2 Å². The Morgan fingerprint density at radius 3 is 2.36 bits per heavy atom. The molecule has 10 heteroatoms. The van der Waals surface area contributed by atoms with Gasteiger partial charge in [0.25, 0.3) is 11.8 Å². The lowest BCUT2D eigenvalue weighted by Crippen LogP contribution is -2.40. The number of ether oxygens (including phenoxy) is 1. The van der Waals surface area contributed by atoms with E-state index in [0.29, 0.717) is 45.1 Å². The van der Waals surface area contributed by atoms with Crippen LogP contribution in [0.1, 0.15) is 98.9 Å². The molecule has 1 aliphatic carbocycles. The zero-order chi connectivity index (χ0) is 33.9. The van der Waals surface area contributed by atoms with E-state index in [2.05, 4.69) is 55.7 Å². The molecule has 1 fully saturated rings. The summed E-state index contributed by atoms with van der Waals surface area (Å²) < 4.78 is 7.34. The van der Waals surface area contributed by atoms with E-state index in [4.69, 9.17) is 4.74 Å². The van der Waals surface area contributed by atoms with Crippen molar-refractivity contribution in [2.75, 3.05) is 5.32 Å². The SMILES string of the molecule is CC(C)NCc1ccc(C(=O)Nc2nn(C(=O)O[C@@H]3C[C@H](C)CC[C@H]3C(C)C)c3sc(C(=O)NC(C)(C)c4ccccc4)cc23)cc1. The summed E-state index contributed by atoms with van der Waals surface area (Å²) in [7, 11) is 0. The largest absolute Gasteiger partial charge is 0.444 e. The van der Waals surface area contributed by atoms with Crippen LogP contribution in [-0.2, 0) is 16.8 Å². The van der Waals surface area contributed by atoms with Gasteiger partial charge in [-0.3, -0.25) is 9.59 Å². The molecule has 2 aromatic heterocycles. The molecular weight excluding hydrogens is 611 g/mol. The molecule has 2 aromatic carbocycles. The Hall–Kier alpha value is -4.02. The molecule has 2 amide bonds. The lowest BCUT2D eigenvalue weighted by molar-refractivity contribution is 0.00600. The summed E-state index contributed by atoms with van der Waals surface area (Å²) in [6.07, 6.45) is 2.05. The smallest absolute Gasteiger partial charge is 0.436 e. The second kappa shape index (κ2) is 14.4. The van der Waals surface area contributed by atoms with Crippen LogP contribution < -0.4 is 16.0 Å².